The summed E-state index contributed by atoms with van der Waals surface area (Å²) in [6.45, 7) is -0.0598. The maximum absolute atomic E-state index is 13.9. The zero-order valence-electron chi connectivity index (χ0n) is 19.5. The molecule has 0 atom stereocenters. The van der Waals surface area contributed by atoms with E-state index in [1.165, 1.54) is 21.7 Å². The van der Waals surface area contributed by atoms with Crippen LogP contribution in [0.2, 0.25) is 10.0 Å². The number of benzene rings is 2. The van der Waals surface area contributed by atoms with Crippen LogP contribution in [0.25, 0.3) is 10.9 Å². The van der Waals surface area contributed by atoms with Crippen LogP contribution in [0.5, 0.6) is 0 Å². The molecular weight excluding hydrogens is 561 g/mol. The number of carboxylic acid groups (broad SMARTS) is 1. The Morgan fingerprint density at radius 1 is 0.974 bits per heavy atom. The second-order valence-corrected chi connectivity index (χ2v) is 9.91. The first-order chi connectivity index (χ1) is 17.7. The third-order valence-corrected chi connectivity index (χ3v) is 7.33. The summed E-state index contributed by atoms with van der Waals surface area (Å²) >= 11 is 12.5. The van der Waals surface area contributed by atoms with Gasteiger partial charge < -0.3 is 14.6 Å². The van der Waals surface area contributed by atoms with E-state index in [9.17, 15) is 35.9 Å². The van der Waals surface area contributed by atoms with E-state index >= 15 is 0 Å². The summed E-state index contributed by atoms with van der Waals surface area (Å²) < 4.78 is 82.5. The number of halogens is 8. The molecule has 0 bridgehead atoms. The van der Waals surface area contributed by atoms with Gasteiger partial charge in [0, 0.05) is 43.2 Å². The lowest BCUT2D eigenvalue weighted by Gasteiger charge is -2.32. The highest BCUT2D eigenvalue weighted by Crippen LogP contribution is 2.40. The van der Waals surface area contributed by atoms with Gasteiger partial charge in [-0.1, -0.05) is 23.2 Å². The molecular formula is C25H20Cl2F6N2O3. The van der Waals surface area contributed by atoms with Crippen LogP contribution >= 0.6 is 23.2 Å². The fourth-order valence-corrected chi connectivity index (χ4v) is 5.37. The van der Waals surface area contributed by atoms with Crippen molar-refractivity contribution in [2.24, 2.45) is 5.92 Å². The van der Waals surface area contributed by atoms with Crippen molar-refractivity contribution in [2.75, 3.05) is 13.1 Å². The number of alkyl halides is 6. The molecule has 2 aromatic carbocycles. The number of carboxylic acids is 1. The second-order valence-electron chi connectivity index (χ2n) is 9.12. The van der Waals surface area contributed by atoms with E-state index < -0.39 is 52.5 Å². The maximum atomic E-state index is 13.9. The van der Waals surface area contributed by atoms with Crippen molar-refractivity contribution >= 4 is 46.0 Å². The van der Waals surface area contributed by atoms with E-state index in [1.807, 2.05) is 0 Å². The molecule has 2 heterocycles. The zero-order valence-corrected chi connectivity index (χ0v) is 21.0. The van der Waals surface area contributed by atoms with Crippen molar-refractivity contribution < 1.29 is 41.0 Å². The molecule has 1 saturated heterocycles. The van der Waals surface area contributed by atoms with E-state index in [-0.39, 0.29) is 46.9 Å². The van der Waals surface area contributed by atoms with Gasteiger partial charge in [-0.2, -0.15) is 26.3 Å². The predicted molar refractivity (Wildman–Crippen MR) is 128 cm³/mol. The predicted octanol–water partition coefficient (Wildman–Crippen LogP) is 7.36. The van der Waals surface area contributed by atoms with E-state index in [2.05, 4.69) is 0 Å². The Morgan fingerprint density at radius 3 is 2.21 bits per heavy atom. The van der Waals surface area contributed by atoms with Crippen molar-refractivity contribution in [2.45, 2.75) is 38.2 Å². The van der Waals surface area contributed by atoms with Crippen LogP contribution in [0.4, 0.5) is 26.3 Å². The number of nitrogens with zero attached hydrogens (tertiary/aromatic N) is 2. The highest BCUT2D eigenvalue weighted by molar-refractivity contribution is 6.35. The fourth-order valence-electron chi connectivity index (χ4n) is 4.72. The first-order valence-corrected chi connectivity index (χ1v) is 12.2. The number of rotatable bonds is 5. The van der Waals surface area contributed by atoms with Gasteiger partial charge in [-0.05, 0) is 49.1 Å². The van der Waals surface area contributed by atoms with Gasteiger partial charge in [0.15, 0.2) is 0 Å². The maximum Gasteiger partial charge on any atom is 0.416 e. The van der Waals surface area contributed by atoms with Crippen LogP contribution in [-0.2, 0) is 23.7 Å². The number of piperidine rings is 1. The van der Waals surface area contributed by atoms with Crippen molar-refractivity contribution in [3.05, 3.63) is 68.8 Å². The SMILES string of the molecule is O=C(O)CC1CCN(C(=O)c2ccc(C(F)(F)F)c(Cn3ccc4cc(C(F)(F)F)cc(Cl)c43)c2Cl)CC1. The first-order valence-electron chi connectivity index (χ1n) is 11.4. The van der Waals surface area contributed by atoms with Gasteiger partial charge in [-0.3, -0.25) is 9.59 Å². The summed E-state index contributed by atoms with van der Waals surface area (Å²) in [6, 6.07) is 4.59. The minimum atomic E-state index is -4.83. The minimum Gasteiger partial charge on any atom is -0.481 e. The third-order valence-electron chi connectivity index (χ3n) is 6.61. The van der Waals surface area contributed by atoms with Gasteiger partial charge in [0.1, 0.15) is 0 Å². The quantitative estimate of drug-likeness (QED) is 0.321. The van der Waals surface area contributed by atoms with Crippen molar-refractivity contribution in [3.8, 4) is 0 Å². The number of carbonyl (C=O) groups excluding carboxylic acids is 1. The summed E-state index contributed by atoms with van der Waals surface area (Å²) in [5.41, 5.74) is -2.60. The van der Waals surface area contributed by atoms with Crippen LogP contribution in [0, 0.1) is 5.92 Å². The monoisotopic (exact) mass is 580 g/mol. The van der Waals surface area contributed by atoms with Gasteiger partial charge in [0.25, 0.3) is 5.91 Å². The van der Waals surface area contributed by atoms with Gasteiger partial charge in [-0.15, -0.1) is 0 Å². The largest absolute Gasteiger partial charge is 0.481 e. The molecule has 204 valence electrons. The van der Waals surface area contributed by atoms with E-state index in [0.29, 0.717) is 18.9 Å². The Bertz CT molecular complexity index is 1390. The molecule has 1 aliphatic heterocycles. The Balaban J connectivity index is 1.70. The van der Waals surface area contributed by atoms with Crippen LogP contribution in [-0.4, -0.2) is 39.5 Å². The van der Waals surface area contributed by atoms with Gasteiger partial charge in [-0.25, -0.2) is 0 Å². The summed E-state index contributed by atoms with van der Waals surface area (Å²) in [5, 5.41) is 8.31. The third kappa shape index (κ3) is 5.73. The van der Waals surface area contributed by atoms with E-state index in [1.54, 1.807) is 0 Å². The summed E-state index contributed by atoms with van der Waals surface area (Å²) in [4.78, 5) is 25.5. The second kappa shape index (κ2) is 10.3. The lowest BCUT2D eigenvalue weighted by Crippen LogP contribution is -2.39. The number of likely N-dealkylation sites (tertiary alicyclic amines) is 1. The standard InChI is InChI=1S/C25H20Cl2F6N2O3/c26-19-11-15(24(28,29)30)10-14-5-8-35(22(14)19)12-17-18(25(31,32)33)2-1-16(21(17)27)23(38)34-6-3-13(4-7-34)9-20(36)37/h1-2,5,8,10-11,13H,3-4,6-7,9,12H2,(H,36,37). The zero-order chi connectivity index (χ0) is 28.0. The molecule has 13 heteroatoms. The van der Waals surface area contributed by atoms with Gasteiger partial charge in [0.05, 0.1) is 32.3 Å². The summed E-state index contributed by atoms with van der Waals surface area (Å²) in [7, 11) is 0. The number of hydrogen-bond donors (Lipinski definition) is 1. The molecule has 3 aromatic rings. The molecule has 1 aliphatic rings. The van der Waals surface area contributed by atoms with E-state index in [0.717, 1.165) is 18.2 Å². The molecule has 0 aliphatic carbocycles. The molecule has 4 rings (SSSR count). The van der Waals surface area contributed by atoms with Crippen LogP contribution in [0.15, 0.2) is 36.5 Å². The lowest BCUT2D eigenvalue weighted by molar-refractivity contribution is -0.139. The minimum absolute atomic E-state index is 0.0366. The highest BCUT2D eigenvalue weighted by atomic mass is 35.5. The summed E-state index contributed by atoms with van der Waals surface area (Å²) in [5.74, 6) is -1.65. The van der Waals surface area contributed by atoms with Crippen molar-refractivity contribution in [3.63, 3.8) is 0 Å². The molecule has 1 amide bonds. The normalized spacial score (nSPS) is 15.3. The van der Waals surface area contributed by atoms with Gasteiger partial charge in [0.2, 0.25) is 0 Å². The highest BCUT2D eigenvalue weighted by Gasteiger charge is 2.37. The fraction of sp³-hybridized carbons (Fsp3) is 0.360. The molecule has 0 unspecified atom stereocenters. The topological polar surface area (TPSA) is 62.5 Å². The number of hydrogen-bond acceptors (Lipinski definition) is 2. The smallest absolute Gasteiger partial charge is 0.416 e. The number of amides is 1. The molecule has 1 fully saturated rings. The average Bonchev–Trinajstić information content (AvgIpc) is 3.22. The number of fused-ring (bicyclic) bond motifs is 1. The molecule has 1 aromatic heterocycles. The molecule has 0 saturated carbocycles. The first kappa shape index (κ1) is 28.1. The summed E-state index contributed by atoms with van der Waals surface area (Å²) in [6.07, 6.45) is -7.37. The Hall–Kier alpha value is -2.92. The molecule has 5 nitrogen and oxygen atoms in total. The Labute approximate surface area is 222 Å². The molecule has 38 heavy (non-hydrogen) atoms. The number of carbonyl (C=O) groups is 2. The molecule has 0 radical (unpaired) electrons. The Kier molecular flexibility index (Phi) is 7.64. The Morgan fingerprint density at radius 2 is 1.63 bits per heavy atom. The molecule has 1 N–H and O–H groups in total. The van der Waals surface area contributed by atoms with Gasteiger partial charge >= 0.3 is 18.3 Å². The molecule has 0 spiro atoms. The van der Waals surface area contributed by atoms with Crippen molar-refractivity contribution in [1.82, 2.24) is 9.47 Å². The number of aromatic nitrogens is 1. The van der Waals surface area contributed by atoms with E-state index in [4.69, 9.17) is 28.3 Å². The van der Waals surface area contributed by atoms with Crippen LogP contribution < -0.4 is 0 Å². The van der Waals surface area contributed by atoms with Crippen molar-refractivity contribution in [1.29, 1.82) is 0 Å². The van der Waals surface area contributed by atoms with Crippen LogP contribution in [0.1, 0.15) is 46.3 Å². The lowest BCUT2D eigenvalue weighted by atomic mass is 9.93. The van der Waals surface area contributed by atoms with Crippen LogP contribution in [0.3, 0.4) is 0 Å². The number of aliphatic carboxylic acids is 1. The average molecular weight is 581 g/mol.